The van der Waals surface area contributed by atoms with Gasteiger partial charge in [0.1, 0.15) is 6.26 Å². The average molecular weight is 274 g/mol. The van der Waals surface area contributed by atoms with Crippen molar-refractivity contribution in [3.63, 3.8) is 0 Å². The second kappa shape index (κ2) is 7.22. The third-order valence-corrected chi connectivity index (χ3v) is 3.28. The highest BCUT2D eigenvalue weighted by molar-refractivity contribution is 5.53. The lowest BCUT2D eigenvalue weighted by Gasteiger charge is -2.07. The van der Waals surface area contributed by atoms with Crippen molar-refractivity contribution in [2.24, 2.45) is 0 Å². The first kappa shape index (κ1) is 14.8. The lowest BCUT2D eigenvalue weighted by Crippen LogP contribution is -2.19. The Labute approximate surface area is 119 Å². The molecule has 0 saturated heterocycles. The van der Waals surface area contributed by atoms with Crippen LogP contribution >= 0.6 is 0 Å². The molecule has 2 aromatic rings. The predicted molar refractivity (Wildman–Crippen MR) is 79.3 cm³/mol. The zero-order valence-corrected chi connectivity index (χ0v) is 12.1. The molecule has 1 atom stereocenters. The summed E-state index contributed by atoms with van der Waals surface area (Å²) < 4.78 is 5.49. The molecule has 0 radical (unpaired) electrons. The van der Waals surface area contributed by atoms with E-state index in [9.17, 15) is 5.11 Å². The monoisotopic (exact) mass is 274 g/mol. The highest BCUT2D eigenvalue weighted by atomic mass is 16.3. The van der Waals surface area contributed by atoms with Crippen molar-refractivity contribution < 1.29 is 9.52 Å². The van der Waals surface area contributed by atoms with Crippen molar-refractivity contribution in [2.45, 2.75) is 39.3 Å². The SMILES string of the molecule is CCC(O)CCNCc1coc(-c2ccc(C)cc2)n1. The summed E-state index contributed by atoms with van der Waals surface area (Å²) in [6, 6.07) is 8.11. The van der Waals surface area contributed by atoms with E-state index in [0.717, 1.165) is 30.6 Å². The maximum absolute atomic E-state index is 9.46. The van der Waals surface area contributed by atoms with Crippen LogP contribution in [0.3, 0.4) is 0 Å². The van der Waals surface area contributed by atoms with Crippen LogP contribution in [0.5, 0.6) is 0 Å². The van der Waals surface area contributed by atoms with Gasteiger partial charge in [-0.3, -0.25) is 0 Å². The zero-order chi connectivity index (χ0) is 14.4. The van der Waals surface area contributed by atoms with Crippen LogP contribution in [0.2, 0.25) is 0 Å². The highest BCUT2D eigenvalue weighted by Gasteiger charge is 2.06. The van der Waals surface area contributed by atoms with Crippen molar-refractivity contribution >= 4 is 0 Å². The number of hydrogen-bond donors (Lipinski definition) is 2. The van der Waals surface area contributed by atoms with Crippen molar-refractivity contribution in [3.05, 3.63) is 41.8 Å². The van der Waals surface area contributed by atoms with Crippen molar-refractivity contribution in [1.82, 2.24) is 10.3 Å². The van der Waals surface area contributed by atoms with E-state index in [0.29, 0.717) is 12.4 Å². The van der Waals surface area contributed by atoms with E-state index in [4.69, 9.17) is 4.42 Å². The fourth-order valence-corrected chi connectivity index (χ4v) is 1.91. The van der Waals surface area contributed by atoms with Gasteiger partial charge in [0.15, 0.2) is 0 Å². The number of benzene rings is 1. The van der Waals surface area contributed by atoms with Gasteiger partial charge in [0.25, 0.3) is 0 Å². The Balaban J connectivity index is 1.85. The number of nitrogens with one attached hydrogen (secondary N) is 1. The van der Waals surface area contributed by atoms with Crippen molar-refractivity contribution in [2.75, 3.05) is 6.54 Å². The van der Waals surface area contributed by atoms with E-state index in [1.807, 2.05) is 31.2 Å². The third kappa shape index (κ3) is 4.18. The van der Waals surface area contributed by atoms with E-state index in [1.165, 1.54) is 5.56 Å². The fourth-order valence-electron chi connectivity index (χ4n) is 1.91. The van der Waals surface area contributed by atoms with Crippen LogP contribution in [-0.4, -0.2) is 22.7 Å². The van der Waals surface area contributed by atoms with Crippen LogP contribution in [-0.2, 0) is 6.54 Å². The van der Waals surface area contributed by atoms with Crippen molar-refractivity contribution in [3.8, 4) is 11.5 Å². The second-order valence-corrected chi connectivity index (χ2v) is 5.04. The minimum Gasteiger partial charge on any atom is -0.444 e. The molecule has 108 valence electrons. The minimum absolute atomic E-state index is 0.220. The molecule has 1 unspecified atom stereocenters. The summed E-state index contributed by atoms with van der Waals surface area (Å²) in [6.07, 6.45) is 3.02. The Morgan fingerprint density at radius 3 is 2.75 bits per heavy atom. The van der Waals surface area contributed by atoms with Crippen LogP contribution in [0.4, 0.5) is 0 Å². The van der Waals surface area contributed by atoms with Gasteiger partial charge in [-0.2, -0.15) is 0 Å². The fraction of sp³-hybridized carbons (Fsp3) is 0.438. The number of nitrogens with zero attached hydrogens (tertiary/aromatic N) is 1. The molecule has 0 aliphatic heterocycles. The summed E-state index contributed by atoms with van der Waals surface area (Å²) in [5.74, 6) is 0.649. The standard InChI is InChI=1S/C16H22N2O2/c1-3-15(19)8-9-17-10-14-11-20-16(18-14)13-6-4-12(2)5-7-13/h4-7,11,15,17,19H,3,8-10H2,1-2H3. The lowest BCUT2D eigenvalue weighted by atomic mass is 10.1. The lowest BCUT2D eigenvalue weighted by molar-refractivity contribution is 0.159. The molecular weight excluding hydrogens is 252 g/mol. The molecule has 2 N–H and O–H groups in total. The van der Waals surface area contributed by atoms with E-state index < -0.39 is 0 Å². The Hall–Kier alpha value is -1.65. The van der Waals surface area contributed by atoms with Gasteiger partial charge in [-0.05, 0) is 38.4 Å². The molecule has 0 aliphatic carbocycles. The summed E-state index contributed by atoms with van der Waals surface area (Å²) >= 11 is 0. The first-order chi connectivity index (χ1) is 9.69. The molecule has 1 heterocycles. The van der Waals surface area contributed by atoms with Gasteiger partial charge in [-0.15, -0.1) is 0 Å². The summed E-state index contributed by atoms with van der Waals surface area (Å²) in [5, 5.41) is 12.7. The molecule has 4 heteroatoms. The van der Waals surface area contributed by atoms with Gasteiger partial charge in [0, 0.05) is 12.1 Å². The first-order valence-electron chi connectivity index (χ1n) is 7.09. The number of hydrogen-bond acceptors (Lipinski definition) is 4. The van der Waals surface area contributed by atoms with E-state index in [1.54, 1.807) is 6.26 Å². The molecule has 0 spiro atoms. The van der Waals surface area contributed by atoms with E-state index in [2.05, 4.69) is 17.2 Å². The second-order valence-electron chi connectivity index (χ2n) is 5.04. The average Bonchev–Trinajstić information content (AvgIpc) is 2.93. The van der Waals surface area contributed by atoms with Gasteiger partial charge in [-0.25, -0.2) is 4.98 Å². The molecule has 0 aliphatic rings. The van der Waals surface area contributed by atoms with Crippen LogP contribution in [0.25, 0.3) is 11.5 Å². The number of aliphatic hydroxyl groups excluding tert-OH is 1. The first-order valence-corrected chi connectivity index (χ1v) is 7.09. The molecule has 0 amide bonds. The van der Waals surface area contributed by atoms with Gasteiger partial charge in [0.05, 0.1) is 11.8 Å². The van der Waals surface area contributed by atoms with Crippen molar-refractivity contribution in [1.29, 1.82) is 0 Å². The maximum atomic E-state index is 9.46. The number of aryl methyl sites for hydroxylation is 1. The summed E-state index contributed by atoms with van der Waals surface area (Å²) in [6.45, 7) is 5.48. The molecule has 20 heavy (non-hydrogen) atoms. The Kier molecular flexibility index (Phi) is 5.32. The smallest absolute Gasteiger partial charge is 0.226 e. The zero-order valence-electron chi connectivity index (χ0n) is 12.1. The molecule has 2 rings (SSSR count). The van der Waals surface area contributed by atoms with Gasteiger partial charge >= 0.3 is 0 Å². The Bertz CT molecular complexity index is 520. The minimum atomic E-state index is -0.220. The Morgan fingerprint density at radius 2 is 2.05 bits per heavy atom. The predicted octanol–water partition coefficient (Wildman–Crippen LogP) is 2.90. The molecule has 4 nitrogen and oxygen atoms in total. The van der Waals surface area contributed by atoms with E-state index >= 15 is 0 Å². The van der Waals surface area contributed by atoms with Crippen LogP contribution in [0.1, 0.15) is 31.0 Å². The molecule has 0 fully saturated rings. The molecular formula is C16H22N2O2. The summed E-state index contributed by atoms with van der Waals surface area (Å²) in [5.41, 5.74) is 3.09. The summed E-state index contributed by atoms with van der Waals surface area (Å²) in [7, 11) is 0. The number of aliphatic hydroxyl groups is 1. The number of oxazole rings is 1. The Morgan fingerprint density at radius 1 is 1.30 bits per heavy atom. The van der Waals surface area contributed by atoms with Gasteiger partial charge < -0.3 is 14.8 Å². The molecule has 0 bridgehead atoms. The van der Waals surface area contributed by atoms with E-state index in [-0.39, 0.29) is 6.10 Å². The largest absolute Gasteiger partial charge is 0.444 e. The molecule has 1 aromatic heterocycles. The quantitative estimate of drug-likeness (QED) is 0.762. The van der Waals surface area contributed by atoms with Crippen LogP contribution in [0.15, 0.2) is 34.9 Å². The van der Waals surface area contributed by atoms with Gasteiger partial charge in [0.2, 0.25) is 5.89 Å². The van der Waals surface area contributed by atoms with Crippen LogP contribution in [0, 0.1) is 6.92 Å². The number of rotatable bonds is 7. The molecule has 0 saturated carbocycles. The normalized spacial score (nSPS) is 12.6. The highest BCUT2D eigenvalue weighted by Crippen LogP contribution is 2.18. The third-order valence-electron chi connectivity index (χ3n) is 3.28. The van der Waals surface area contributed by atoms with Crippen LogP contribution < -0.4 is 5.32 Å². The maximum Gasteiger partial charge on any atom is 0.226 e. The van der Waals surface area contributed by atoms with Gasteiger partial charge in [-0.1, -0.05) is 24.6 Å². The summed E-state index contributed by atoms with van der Waals surface area (Å²) in [4.78, 5) is 4.46. The topological polar surface area (TPSA) is 58.3 Å². The molecule has 1 aromatic carbocycles. The number of aromatic nitrogens is 1.